The van der Waals surface area contributed by atoms with Gasteiger partial charge in [-0.3, -0.25) is 15.2 Å². The molecule has 2 atom stereocenters. The van der Waals surface area contributed by atoms with Gasteiger partial charge in [0.05, 0.1) is 11.7 Å². The Kier molecular flexibility index (Phi) is 5.94. The SMILES string of the molecule is CC(NCc1ccc(C(F)(F)F)cc1)N1CCCCC1c1ccncc1. The first kappa shape index (κ1) is 18.9. The van der Waals surface area contributed by atoms with Crippen molar-refractivity contribution in [3.05, 3.63) is 65.5 Å². The van der Waals surface area contributed by atoms with Gasteiger partial charge >= 0.3 is 6.18 Å². The number of hydrogen-bond donors (Lipinski definition) is 1. The first-order valence-corrected chi connectivity index (χ1v) is 9.00. The fourth-order valence-corrected chi connectivity index (χ4v) is 3.56. The van der Waals surface area contributed by atoms with Crippen molar-refractivity contribution in [1.82, 2.24) is 15.2 Å². The van der Waals surface area contributed by atoms with Crippen molar-refractivity contribution in [2.24, 2.45) is 0 Å². The van der Waals surface area contributed by atoms with E-state index in [9.17, 15) is 13.2 Å². The van der Waals surface area contributed by atoms with Crippen molar-refractivity contribution >= 4 is 0 Å². The van der Waals surface area contributed by atoms with Crippen molar-refractivity contribution in [3.63, 3.8) is 0 Å². The molecule has 0 saturated carbocycles. The van der Waals surface area contributed by atoms with Crippen LogP contribution in [0.25, 0.3) is 0 Å². The third-order valence-corrected chi connectivity index (χ3v) is 5.02. The lowest BCUT2D eigenvalue weighted by Crippen LogP contribution is -2.47. The second-order valence-corrected chi connectivity index (χ2v) is 6.78. The highest BCUT2D eigenvalue weighted by Crippen LogP contribution is 2.32. The molecule has 0 aliphatic carbocycles. The molecule has 0 bridgehead atoms. The molecule has 26 heavy (non-hydrogen) atoms. The number of pyridine rings is 1. The number of rotatable bonds is 5. The molecule has 1 fully saturated rings. The van der Waals surface area contributed by atoms with Crippen molar-refractivity contribution in [2.75, 3.05) is 6.54 Å². The molecule has 1 aromatic carbocycles. The fraction of sp³-hybridized carbons (Fsp3) is 0.450. The number of aromatic nitrogens is 1. The minimum atomic E-state index is -4.29. The summed E-state index contributed by atoms with van der Waals surface area (Å²) in [6, 6.07) is 9.84. The molecule has 140 valence electrons. The molecule has 3 nitrogen and oxygen atoms in total. The summed E-state index contributed by atoms with van der Waals surface area (Å²) < 4.78 is 38.0. The molecule has 1 aliphatic rings. The second-order valence-electron chi connectivity index (χ2n) is 6.78. The van der Waals surface area contributed by atoms with Gasteiger partial charge in [0.2, 0.25) is 0 Å². The monoisotopic (exact) mass is 363 g/mol. The Hall–Kier alpha value is -1.92. The summed E-state index contributed by atoms with van der Waals surface area (Å²) in [5.74, 6) is 0. The summed E-state index contributed by atoms with van der Waals surface area (Å²) in [5.41, 5.74) is 1.51. The van der Waals surface area contributed by atoms with Crippen LogP contribution in [0.3, 0.4) is 0 Å². The molecule has 6 heteroatoms. The number of nitrogens with one attached hydrogen (secondary N) is 1. The van der Waals surface area contributed by atoms with E-state index in [4.69, 9.17) is 0 Å². The Morgan fingerprint density at radius 3 is 2.46 bits per heavy atom. The van der Waals surface area contributed by atoms with Crippen LogP contribution in [-0.2, 0) is 12.7 Å². The molecule has 1 aromatic heterocycles. The molecule has 2 aromatic rings. The molecule has 2 heterocycles. The number of hydrogen-bond acceptors (Lipinski definition) is 3. The fourth-order valence-electron chi connectivity index (χ4n) is 3.56. The largest absolute Gasteiger partial charge is 0.416 e. The van der Waals surface area contributed by atoms with E-state index in [1.54, 1.807) is 12.1 Å². The standard InChI is InChI=1S/C20H24F3N3/c1-15(25-14-16-5-7-18(8-6-16)20(21,22)23)26-13-3-2-4-19(26)17-9-11-24-12-10-17/h5-12,15,19,25H,2-4,13-14H2,1H3. The van der Waals surface area contributed by atoms with Gasteiger partial charge < -0.3 is 0 Å². The number of nitrogens with zero attached hydrogens (tertiary/aromatic N) is 2. The number of likely N-dealkylation sites (tertiary alicyclic amines) is 1. The van der Waals surface area contributed by atoms with Crippen LogP contribution in [0.15, 0.2) is 48.8 Å². The van der Waals surface area contributed by atoms with Gasteiger partial charge in [-0.05, 0) is 55.2 Å². The zero-order valence-corrected chi connectivity index (χ0v) is 14.8. The van der Waals surface area contributed by atoms with Gasteiger partial charge in [-0.25, -0.2) is 0 Å². The van der Waals surface area contributed by atoms with E-state index in [1.807, 2.05) is 12.4 Å². The summed E-state index contributed by atoms with van der Waals surface area (Å²) in [7, 11) is 0. The summed E-state index contributed by atoms with van der Waals surface area (Å²) in [5, 5.41) is 3.46. The van der Waals surface area contributed by atoms with E-state index >= 15 is 0 Å². The highest BCUT2D eigenvalue weighted by atomic mass is 19.4. The zero-order valence-electron chi connectivity index (χ0n) is 14.8. The van der Waals surface area contributed by atoms with Gasteiger partial charge in [-0.2, -0.15) is 13.2 Å². The Labute approximate surface area is 152 Å². The van der Waals surface area contributed by atoms with E-state index < -0.39 is 11.7 Å². The molecule has 1 aliphatic heterocycles. The van der Waals surface area contributed by atoms with Crippen molar-refractivity contribution in [1.29, 1.82) is 0 Å². The lowest BCUT2D eigenvalue weighted by atomic mass is 9.95. The minimum absolute atomic E-state index is 0.135. The van der Waals surface area contributed by atoms with Crippen LogP contribution < -0.4 is 5.32 Å². The minimum Gasteiger partial charge on any atom is -0.298 e. The Morgan fingerprint density at radius 2 is 1.81 bits per heavy atom. The maximum Gasteiger partial charge on any atom is 0.416 e. The van der Waals surface area contributed by atoms with Crippen LogP contribution in [-0.4, -0.2) is 22.6 Å². The van der Waals surface area contributed by atoms with Gasteiger partial charge in [0.1, 0.15) is 0 Å². The summed E-state index contributed by atoms with van der Waals surface area (Å²) in [4.78, 5) is 6.53. The molecule has 2 unspecified atom stereocenters. The van der Waals surface area contributed by atoms with Crippen LogP contribution in [0.1, 0.15) is 48.9 Å². The maximum absolute atomic E-state index is 12.7. The van der Waals surface area contributed by atoms with Gasteiger partial charge in [0.15, 0.2) is 0 Å². The van der Waals surface area contributed by atoms with Crippen LogP contribution in [0.2, 0.25) is 0 Å². The molecule has 3 rings (SSSR count). The zero-order chi connectivity index (χ0) is 18.6. The average molecular weight is 363 g/mol. The molecule has 0 amide bonds. The second kappa shape index (κ2) is 8.18. The van der Waals surface area contributed by atoms with E-state index in [0.717, 1.165) is 37.1 Å². The highest BCUT2D eigenvalue weighted by molar-refractivity contribution is 5.24. The van der Waals surface area contributed by atoms with Crippen molar-refractivity contribution < 1.29 is 13.2 Å². The first-order chi connectivity index (χ1) is 12.4. The third-order valence-electron chi connectivity index (χ3n) is 5.02. The Morgan fingerprint density at radius 1 is 1.12 bits per heavy atom. The summed E-state index contributed by atoms with van der Waals surface area (Å²) >= 11 is 0. The van der Waals surface area contributed by atoms with Gasteiger partial charge in [0.25, 0.3) is 0 Å². The topological polar surface area (TPSA) is 28.2 Å². The van der Waals surface area contributed by atoms with E-state index in [1.165, 1.54) is 12.0 Å². The van der Waals surface area contributed by atoms with E-state index in [-0.39, 0.29) is 6.17 Å². The lowest BCUT2D eigenvalue weighted by molar-refractivity contribution is -0.137. The quantitative estimate of drug-likeness (QED) is 0.830. The van der Waals surface area contributed by atoms with Crippen molar-refractivity contribution in [2.45, 2.75) is 51.1 Å². The molecule has 1 N–H and O–H groups in total. The first-order valence-electron chi connectivity index (χ1n) is 9.00. The van der Waals surface area contributed by atoms with Crippen LogP contribution in [0.5, 0.6) is 0 Å². The highest BCUT2D eigenvalue weighted by Gasteiger charge is 2.30. The number of piperidine rings is 1. The number of benzene rings is 1. The lowest BCUT2D eigenvalue weighted by Gasteiger charge is -2.40. The third kappa shape index (κ3) is 4.62. The number of alkyl halides is 3. The molecule has 0 radical (unpaired) electrons. The number of halogens is 3. The van der Waals surface area contributed by atoms with Gasteiger partial charge in [-0.15, -0.1) is 0 Å². The van der Waals surface area contributed by atoms with E-state index in [0.29, 0.717) is 12.6 Å². The molecular formula is C20H24F3N3. The van der Waals surface area contributed by atoms with Gasteiger partial charge in [0, 0.05) is 31.5 Å². The predicted octanol–water partition coefficient (Wildman–Crippen LogP) is 4.76. The van der Waals surface area contributed by atoms with Gasteiger partial charge in [-0.1, -0.05) is 18.6 Å². The Bertz CT molecular complexity index is 686. The maximum atomic E-state index is 12.7. The Balaban J connectivity index is 1.62. The predicted molar refractivity (Wildman–Crippen MR) is 95.3 cm³/mol. The molecule has 1 saturated heterocycles. The van der Waals surface area contributed by atoms with Crippen LogP contribution >= 0.6 is 0 Å². The summed E-state index contributed by atoms with van der Waals surface area (Å²) in [6.07, 6.45) is 2.96. The smallest absolute Gasteiger partial charge is 0.298 e. The average Bonchev–Trinajstić information content (AvgIpc) is 2.66. The molecule has 0 spiro atoms. The summed E-state index contributed by atoms with van der Waals surface area (Å²) in [6.45, 7) is 3.66. The van der Waals surface area contributed by atoms with Crippen LogP contribution in [0.4, 0.5) is 13.2 Å². The van der Waals surface area contributed by atoms with Crippen molar-refractivity contribution in [3.8, 4) is 0 Å². The van der Waals surface area contributed by atoms with E-state index in [2.05, 4.69) is 34.3 Å². The molecular weight excluding hydrogens is 339 g/mol. The van der Waals surface area contributed by atoms with Crippen LogP contribution in [0, 0.1) is 0 Å². The normalized spacial score (nSPS) is 20.1.